The van der Waals surface area contributed by atoms with E-state index in [0.717, 1.165) is 23.8 Å². The minimum absolute atomic E-state index is 0.148. The first-order valence-electron chi connectivity index (χ1n) is 31.0. The van der Waals surface area contributed by atoms with E-state index in [-0.39, 0.29) is 6.54 Å². The number of esters is 1. The van der Waals surface area contributed by atoms with Crippen molar-refractivity contribution >= 4 is 77.3 Å². The number of hydrogen-bond donors (Lipinski definition) is 11. The number of amides is 10. The summed E-state index contributed by atoms with van der Waals surface area (Å²) in [4.78, 5) is 150. The Morgan fingerprint density at radius 1 is 0.330 bits per heavy atom. The molecular formula is C67H101BN11O15-. The number of methoxy groups -OCH3 is 1. The van der Waals surface area contributed by atoms with Gasteiger partial charge in [-0.15, -0.1) is 5.46 Å². The van der Waals surface area contributed by atoms with Crippen molar-refractivity contribution in [1.29, 1.82) is 0 Å². The van der Waals surface area contributed by atoms with Gasteiger partial charge in [-0.2, -0.15) is 0 Å². The molecule has 3 atom stereocenters. The van der Waals surface area contributed by atoms with E-state index in [9.17, 15) is 52.7 Å². The summed E-state index contributed by atoms with van der Waals surface area (Å²) in [6, 6.07) is 26.9. The molecule has 1 saturated heterocycles. The number of carbonyl (C=O) groups excluding carboxylic acids is 11. The fourth-order valence-corrected chi connectivity index (χ4v) is 9.39. The van der Waals surface area contributed by atoms with Gasteiger partial charge >= 0.3 is 12.7 Å². The standard InChI is InChI=1S/C67H101BN11O15/c1-57(2,69-39-42-37-31-32-38-43(42)68(92-24)93-44(40-33-27-25-28-34-40)45(94-68)41-35-29-26-30-36-41)46(80)70-58(3,4)47(81)71-59(5,6)48(82)72-60(7,8)49(83)73-61(9,10)50(84)74-62(11,12)51(85)75-63(13,14)52(86)76-64(15,16)53(87)77-65(17,18)54(88)78-66(19,20)55(89)79-67(21,22)56(90)91-23/h25-38,44-45,69H,39H2,1-24H3,(H,70,80)(H,71,81)(H,72,82)(H,73,83)(H,74,84)(H,75,85)(H,76,86)(H,77,87)(H,78,88)(H,79,89)/q-1/t44-,45-/m1/s1/i21+1/t44-,45-,67+. The van der Waals surface area contributed by atoms with Gasteiger partial charge in [0, 0.05) is 6.54 Å². The molecule has 0 saturated carbocycles. The summed E-state index contributed by atoms with van der Waals surface area (Å²) < 4.78 is 24.5. The predicted molar refractivity (Wildman–Crippen MR) is 355 cm³/mol. The molecule has 27 heteroatoms. The lowest BCUT2D eigenvalue weighted by molar-refractivity contribution is -0.150. The van der Waals surface area contributed by atoms with Gasteiger partial charge < -0.3 is 71.9 Å². The van der Waals surface area contributed by atoms with Crippen molar-refractivity contribution in [3.63, 3.8) is 0 Å². The normalized spacial score (nSPS) is 16.3. The molecule has 0 spiro atoms. The largest absolute Gasteiger partial charge is 0.543 e. The molecule has 3 aromatic rings. The van der Waals surface area contributed by atoms with Crippen LogP contribution < -0.4 is 63.9 Å². The molecule has 26 nitrogen and oxygen atoms in total. The Labute approximate surface area is 552 Å². The molecule has 1 fully saturated rings. The van der Waals surface area contributed by atoms with E-state index in [2.05, 4.69) is 58.5 Å². The molecule has 0 radical (unpaired) electrons. The fourth-order valence-electron chi connectivity index (χ4n) is 9.39. The molecule has 0 aliphatic carbocycles. The van der Waals surface area contributed by atoms with E-state index in [1.54, 1.807) is 13.8 Å². The second-order valence-corrected chi connectivity index (χ2v) is 29.8. The predicted octanol–water partition coefficient (Wildman–Crippen LogP) is 3.00. The summed E-state index contributed by atoms with van der Waals surface area (Å²) in [5.74, 6) is -8.46. The van der Waals surface area contributed by atoms with Gasteiger partial charge in [-0.25, -0.2) is 4.79 Å². The lowest BCUT2D eigenvalue weighted by Gasteiger charge is -2.38. The molecular weight excluding hydrogens is 1210 g/mol. The van der Waals surface area contributed by atoms with Gasteiger partial charge in [-0.3, -0.25) is 53.3 Å². The summed E-state index contributed by atoms with van der Waals surface area (Å²) in [7, 11) is 2.70. The molecule has 0 bridgehead atoms. The topological polar surface area (TPSA) is 357 Å². The molecule has 0 unspecified atom stereocenters. The molecule has 94 heavy (non-hydrogen) atoms. The average Bonchev–Trinajstić information content (AvgIpc) is 1.59. The van der Waals surface area contributed by atoms with Crippen LogP contribution in [0.5, 0.6) is 0 Å². The highest BCUT2D eigenvalue weighted by molar-refractivity contribution is 6.76. The molecule has 1 aliphatic rings. The highest BCUT2D eigenvalue weighted by Gasteiger charge is 2.50. The lowest BCUT2D eigenvalue weighted by Crippen LogP contribution is -2.70. The van der Waals surface area contributed by atoms with E-state index in [4.69, 9.17) is 18.7 Å². The second kappa shape index (κ2) is 28.4. The van der Waals surface area contributed by atoms with Crippen LogP contribution in [-0.2, 0) is 78.0 Å². The van der Waals surface area contributed by atoms with Crippen LogP contribution in [0.1, 0.15) is 181 Å². The van der Waals surface area contributed by atoms with E-state index < -0.39 is 145 Å². The fraction of sp³-hybridized carbons (Fsp3) is 0.567. The second-order valence-electron chi connectivity index (χ2n) is 29.8. The molecule has 1 aliphatic heterocycles. The Balaban J connectivity index is 1.33. The van der Waals surface area contributed by atoms with Gasteiger partial charge in [0.1, 0.15) is 55.4 Å². The summed E-state index contributed by atoms with van der Waals surface area (Å²) in [6.07, 6.45) is -1.03. The van der Waals surface area contributed by atoms with E-state index in [1.807, 2.05) is 84.9 Å². The Morgan fingerprint density at radius 2 is 0.553 bits per heavy atom. The molecule has 3 aromatic carbocycles. The summed E-state index contributed by atoms with van der Waals surface area (Å²) in [5, 5.41) is 29.5. The first kappa shape index (κ1) is 78.2. The Bertz CT molecular complexity index is 3310. The van der Waals surface area contributed by atoms with Crippen LogP contribution >= 0.6 is 0 Å². The number of rotatable bonds is 28. The maximum absolute atomic E-state index is 14.1. The first-order chi connectivity index (χ1) is 42.7. The van der Waals surface area contributed by atoms with Gasteiger partial charge in [0.2, 0.25) is 59.1 Å². The van der Waals surface area contributed by atoms with E-state index in [1.165, 1.54) is 146 Å². The third kappa shape index (κ3) is 19.0. The minimum Gasteiger partial charge on any atom is -0.543 e. The van der Waals surface area contributed by atoms with Crippen molar-refractivity contribution in [3.8, 4) is 0 Å². The molecule has 4 rings (SSSR count). The number of ether oxygens (including phenoxy) is 1. The minimum atomic E-state index is -2.53. The smallest absolute Gasteiger partial charge is 0.410 e. The summed E-state index contributed by atoms with van der Waals surface area (Å²) >= 11 is 0. The van der Waals surface area contributed by atoms with Crippen LogP contribution in [0.3, 0.4) is 0 Å². The van der Waals surface area contributed by atoms with Crippen LogP contribution in [0.15, 0.2) is 84.9 Å². The van der Waals surface area contributed by atoms with Crippen molar-refractivity contribution in [2.45, 2.75) is 232 Å². The molecule has 0 aromatic heterocycles. The van der Waals surface area contributed by atoms with E-state index >= 15 is 0 Å². The van der Waals surface area contributed by atoms with Crippen LogP contribution in [0.4, 0.5) is 0 Å². The molecule has 11 N–H and O–H groups in total. The Morgan fingerprint density at radius 3 is 0.798 bits per heavy atom. The number of carbonyl (C=O) groups is 11. The van der Waals surface area contributed by atoms with Crippen LogP contribution in [-0.4, -0.2) is 147 Å². The van der Waals surface area contributed by atoms with E-state index in [0.29, 0.717) is 5.46 Å². The zero-order chi connectivity index (χ0) is 72.0. The third-order valence-corrected chi connectivity index (χ3v) is 16.3. The Hall–Kier alpha value is -8.27. The highest BCUT2D eigenvalue weighted by Crippen LogP contribution is 2.45. The van der Waals surface area contributed by atoms with Gasteiger partial charge in [0.05, 0.1) is 24.9 Å². The van der Waals surface area contributed by atoms with Gasteiger partial charge in [0.15, 0.2) is 0 Å². The summed E-state index contributed by atoms with van der Waals surface area (Å²) in [6.45, 7) is 28.8. The van der Waals surface area contributed by atoms with Crippen molar-refractivity contribution in [2.75, 3.05) is 14.2 Å². The monoisotopic (exact) mass is 1310 g/mol. The maximum Gasteiger partial charge on any atom is 0.410 e. The van der Waals surface area contributed by atoms with Crippen molar-refractivity contribution in [3.05, 3.63) is 102 Å². The third-order valence-electron chi connectivity index (χ3n) is 16.3. The van der Waals surface area contributed by atoms with Crippen molar-refractivity contribution in [1.82, 2.24) is 58.5 Å². The van der Waals surface area contributed by atoms with Crippen LogP contribution in [0, 0.1) is 0 Å². The lowest BCUT2D eigenvalue weighted by atomic mass is 9.67. The highest BCUT2D eigenvalue weighted by atomic mass is 16.8. The van der Waals surface area contributed by atoms with Crippen molar-refractivity contribution < 1.29 is 71.4 Å². The quantitative estimate of drug-likeness (QED) is 0.0283. The Kier molecular flexibility index (Phi) is 23.6. The van der Waals surface area contributed by atoms with Gasteiger partial charge in [-0.1, -0.05) is 90.5 Å². The number of nitrogens with one attached hydrogen (secondary N) is 11. The zero-order valence-corrected chi connectivity index (χ0v) is 59.1. The van der Waals surface area contributed by atoms with Gasteiger partial charge in [-0.05, 0) is 171 Å². The zero-order valence-electron chi connectivity index (χ0n) is 59.1. The number of benzene rings is 3. The SMILES string of the molecule is COC(=O)[C@@](C)([13CH3])NC(=O)C(C)(C)NC(=O)C(C)(C)NC(=O)C(C)(C)NC(=O)C(C)(C)NC(=O)C(C)(C)NC(=O)C(C)(C)NC(=O)C(C)(C)NC(=O)C(C)(C)NC(=O)C(C)(C)NC(=O)C(C)(C)NCc1ccccc1[B-]1(OC)O[C@H](c2ccccc2)[C@@H](c2ccccc2)O1. The molecule has 1 heterocycles. The molecule has 518 valence electrons. The van der Waals surface area contributed by atoms with Crippen LogP contribution in [0.2, 0.25) is 0 Å². The molecule has 10 amide bonds. The van der Waals surface area contributed by atoms with Gasteiger partial charge in [0.25, 0.3) is 0 Å². The van der Waals surface area contributed by atoms with Crippen LogP contribution in [0.25, 0.3) is 0 Å². The maximum atomic E-state index is 14.1. The average molecular weight is 1310 g/mol. The first-order valence-corrected chi connectivity index (χ1v) is 31.0. The number of hydrogen-bond acceptors (Lipinski definition) is 16. The van der Waals surface area contributed by atoms with Crippen molar-refractivity contribution in [2.24, 2.45) is 0 Å². The summed E-state index contributed by atoms with van der Waals surface area (Å²) in [5.41, 5.74) is -14.7.